The molecular formula is C23H16FN7. The molecule has 5 aromatic heterocycles. The highest BCUT2D eigenvalue weighted by molar-refractivity contribution is 5.99. The van der Waals surface area contributed by atoms with Crippen LogP contribution in [0, 0.1) is 5.82 Å². The fourth-order valence-corrected chi connectivity index (χ4v) is 3.87. The monoisotopic (exact) mass is 409 g/mol. The van der Waals surface area contributed by atoms with Crippen LogP contribution in [0.4, 0.5) is 4.39 Å². The SMILES string of the molecule is Cn1cc(-c2ccc3[nH]nc(-c4cc5c(-c6cccc(F)c6)cncc5[nH]4)c3n2)cn1. The minimum Gasteiger partial charge on any atom is -0.352 e. The Morgan fingerprint density at radius 3 is 2.74 bits per heavy atom. The normalized spacial score (nSPS) is 11.5. The van der Waals surface area contributed by atoms with Gasteiger partial charge in [-0.15, -0.1) is 0 Å². The van der Waals surface area contributed by atoms with Crippen molar-refractivity contribution < 1.29 is 4.39 Å². The molecule has 0 saturated heterocycles. The zero-order valence-electron chi connectivity index (χ0n) is 16.5. The van der Waals surface area contributed by atoms with Gasteiger partial charge in [0.15, 0.2) is 0 Å². The van der Waals surface area contributed by atoms with Crippen molar-refractivity contribution in [3.8, 4) is 33.8 Å². The number of aryl methyl sites for hydroxylation is 1. The number of nitrogens with zero attached hydrogens (tertiary/aromatic N) is 5. The maximum absolute atomic E-state index is 13.8. The molecule has 8 heteroatoms. The lowest BCUT2D eigenvalue weighted by Gasteiger charge is -2.02. The van der Waals surface area contributed by atoms with Gasteiger partial charge >= 0.3 is 0 Å². The van der Waals surface area contributed by atoms with Crippen molar-refractivity contribution >= 4 is 21.9 Å². The molecule has 0 radical (unpaired) electrons. The van der Waals surface area contributed by atoms with Gasteiger partial charge in [0.05, 0.1) is 34.8 Å². The molecule has 1 aromatic carbocycles. The highest BCUT2D eigenvalue weighted by Crippen LogP contribution is 2.33. The van der Waals surface area contributed by atoms with E-state index in [0.717, 1.165) is 50.0 Å². The van der Waals surface area contributed by atoms with Gasteiger partial charge in [0.25, 0.3) is 0 Å². The molecule has 0 fully saturated rings. The van der Waals surface area contributed by atoms with Crippen molar-refractivity contribution in [2.45, 2.75) is 0 Å². The molecule has 31 heavy (non-hydrogen) atoms. The van der Waals surface area contributed by atoms with Crippen molar-refractivity contribution in [3.05, 3.63) is 73.1 Å². The topological polar surface area (TPSA) is 88.1 Å². The van der Waals surface area contributed by atoms with E-state index >= 15 is 0 Å². The van der Waals surface area contributed by atoms with E-state index in [1.165, 1.54) is 12.1 Å². The van der Waals surface area contributed by atoms with Crippen LogP contribution in [-0.4, -0.2) is 34.9 Å². The number of H-pyrrole nitrogens is 2. The Labute approximate surface area is 175 Å². The highest BCUT2D eigenvalue weighted by atomic mass is 19.1. The van der Waals surface area contributed by atoms with E-state index in [0.29, 0.717) is 5.69 Å². The van der Waals surface area contributed by atoms with Gasteiger partial charge in [-0.05, 0) is 35.9 Å². The number of aromatic amines is 2. The zero-order valence-corrected chi connectivity index (χ0v) is 16.5. The number of pyridine rings is 2. The van der Waals surface area contributed by atoms with Crippen LogP contribution in [-0.2, 0) is 7.05 Å². The average Bonchev–Trinajstić information content (AvgIpc) is 3.50. The first-order chi connectivity index (χ1) is 15.2. The number of hydrogen-bond donors (Lipinski definition) is 2. The summed E-state index contributed by atoms with van der Waals surface area (Å²) in [6.07, 6.45) is 7.21. The number of hydrogen-bond acceptors (Lipinski definition) is 4. The second-order valence-corrected chi connectivity index (χ2v) is 7.41. The molecule has 0 aliphatic rings. The minimum absolute atomic E-state index is 0.282. The van der Waals surface area contributed by atoms with Gasteiger partial charge in [-0.3, -0.25) is 14.8 Å². The Bertz CT molecular complexity index is 1570. The third kappa shape index (κ3) is 2.88. The summed E-state index contributed by atoms with van der Waals surface area (Å²) in [5, 5.41) is 12.7. The van der Waals surface area contributed by atoms with E-state index in [4.69, 9.17) is 4.98 Å². The Morgan fingerprint density at radius 1 is 0.968 bits per heavy atom. The molecule has 6 rings (SSSR count). The summed E-state index contributed by atoms with van der Waals surface area (Å²) in [5.74, 6) is -0.282. The quantitative estimate of drug-likeness (QED) is 0.443. The molecule has 0 saturated carbocycles. The lowest BCUT2D eigenvalue weighted by atomic mass is 10.0. The Hall–Kier alpha value is -4.33. The van der Waals surface area contributed by atoms with Crippen molar-refractivity contribution in [3.63, 3.8) is 0 Å². The molecule has 0 bridgehead atoms. The van der Waals surface area contributed by atoms with E-state index in [-0.39, 0.29) is 5.82 Å². The van der Waals surface area contributed by atoms with Gasteiger partial charge in [-0.25, -0.2) is 9.37 Å². The van der Waals surface area contributed by atoms with Crippen molar-refractivity contribution in [1.82, 2.24) is 34.9 Å². The largest absolute Gasteiger partial charge is 0.352 e. The number of halogens is 1. The Kier molecular flexibility index (Phi) is 3.73. The molecule has 0 amide bonds. The summed E-state index contributed by atoms with van der Waals surface area (Å²) in [7, 11) is 1.88. The van der Waals surface area contributed by atoms with Gasteiger partial charge in [-0.2, -0.15) is 10.2 Å². The molecule has 150 valence electrons. The minimum atomic E-state index is -0.282. The summed E-state index contributed by atoms with van der Waals surface area (Å²) in [6.45, 7) is 0. The fourth-order valence-electron chi connectivity index (χ4n) is 3.87. The number of aromatic nitrogens is 7. The summed E-state index contributed by atoms with van der Waals surface area (Å²) in [6, 6.07) is 12.4. The third-order valence-corrected chi connectivity index (χ3v) is 5.34. The number of nitrogens with one attached hydrogen (secondary N) is 2. The number of fused-ring (bicyclic) bond motifs is 2. The van der Waals surface area contributed by atoms with E-state index in [1.54, 1.807) is 29.3 Å². The molecule has 0 atom stereocenters. The molecule has 0 aliphatic carbocycles. The van der Waals surface area contributed by atoms with Gasteiger partial charge in [0, 0.05) is 36.0 Å². The highest BCUT2D eigenvalue weighted by Gasteiger charge is 2.16. The van der Waals surface area contributed by atoms with Gasteiger partial charge in [0.2, 0.25) is 0 Å². The maximum Gasteiger partial charge on any atom is 0.135 e. The summed E-state index contributed by atoms with van der Waals surface area (Å²) >= 11 is 0. The Balaban J connectivity index is 1.51. The first-order valence-corrected chi connectivity index (χ1v) is 9.73. The van der Waals surface area contributed by atoms with Crippen LogP contribution in [0.2, 0.25) is 0 Å². The fraction of sp³-hybridized carbons (Fsp3) is 0.0435. The van der Waals surface area contributed by atoms with Gasteiger partial charge < -0.3 is 4.98 Å². The van der Waals surface area contributed by atoms with Crippen LogP contribution in [0.5, 0.6) is 0 Å². The third-order valence-electron chi connectivity index (χ3n) is 5.34. The summed E-state index contributed by atoms with van der Waals surface area (Å²) < 4.78 is 15.5. The molecule has 2 N–H and O–H groups in total. The average molecular weight is 409 g/mol. The van der Waals surface area contributed by atoms with Crippen molar-refractivity contribution in [2.75, 3.05) is 0 Å². The molecule has 0 unspecified atom stereocenters. The maximum atomic E-state index is 13.8. The summed E-state index contributed by atoms with van der Waals surface area (Å²) in [4.78, 5) is 12.5. The molecule has 5 heterocycles. The molecule has 6 aromatic rings. The predicted molar refractivity (Wildman–Crippen MR) is 117 cm³/mol. The predicted octanol–water partition coefficient (Wildman–Crippen LogP) is 4.71. The second kappa shape index (κ2) is 6.60. The van der Waals surface area contributed by atoms with E-state index in [1.807, 2.05) is 37.5 Å². The van der Waals surface area contributed by atoms with Gasteiger partial charge in [0.1, 0.15) is 17.0 Å². The standard InChI is InChI=1S/C23H16FN7/c1-31-12-14(9-26-31)18-5-6-19-22(28-18)23(30-29-19)20-8-16-17(10-25-11-21(16)27-20)13-3-2-4-15(24)7-13/h2-12,27H,1H3,(H,29,30). The van der Waals surface area contributed by atoms with Crippen molar-refractivity contribution in [2.24, 2.45) is 7.05 Å². The smallest absolute Gasteiger partial charge is 0.135 e. The second-order valence-electron chi connectivity index (χ2n) is 7.41. The van der Waals surface area contributed by atoms with E-state index in [9.17, 15) is 4.39 Å². The summed E-state index contributed by atoms with van der Waals surface area (Å²) in [5.41, 5.74) is 7.34. The number of benzene rings is 1. The zero-order chi connectivity index (χ0) is 20.9. The molecule has 0 spiro atoms. The van der Waals surface area contributed by atoms with Crippen LogP contribution in [0.25, 0.3) is 55.7 Å². The van der Waals surface area contributed by atoms with Crippen LogP contribution in [0.1, 0.15) is 0 Å². The van der Waals surface area contributed by atoms with Crippen molar-refractivity contribution in [1.29, 1.82) is 0 Å². The van der Waals surface area contributed by atoms with Crippen LogP contribution in [0.15, 0.2) is 67.3 Å². The van der Waals surface area contributed by atoms with E-state index < -0.39 is 0 Å². The first kappa shape index (κ1) is 17.5. The first-order valence-electron chi connectivity index (χ1n) is 9.73. The lowest BCUT2D eigenvalue weighted by molar-refractivity contribution is 0.628. The lowest BCUT2D eigenvalue weighted by Crippen LogP contribution is -1.86. The molecule has 7 nitrogen and oxygen atoms in total. The molecule has 0 aliphatic heterocycles. The van der Waals surface area contributed by atoms with Crippen LogP contribution < -0.4 is 0 Å². The number of rotatable bonds is 3. The Morgan fingerprint density at radius 2 is 1.90 bits per heavy atom. The van der Waals surface area contributed by atoms with Crippen LogP contribution in [0.3, 0.4) is 0 Å². The van der Waals surface area contributed by atoms with Gasteiger partial charge in [-0.1, -0.05) is 12.1 Å². The van der Waals surface area contributed by atoms with E-state index in [2.05, 4.69) is 25.3 Å². The van der Waals surface area contributed by atoms with Crippen LogP contribution >= 0.6 is 0 Å². The molecular weight excluding hydrogens is 393 g/mol.